The molecule has 0 spiro atoms. The maximum atomic E-state index is 6.03. The minimum atomic E-state index is 0.556. The van der Waals surface area contributed by atoms with Gasteiger partial charge in [0.15, 0.2) is 11.5 Å². The van der Waals surface area contributed by atoms with Crippen LogP contribution in [0.5, 0.6) is 11.6 Å². The van der Waals surface area contributed by atoms with E-state index in [-0.39, 0.29) is 0 Å². The number of aromatic nitrogens is 4. The minimum absolute atomic E-state index is 0.556. The third-order valence-electron chi connectivity index (χ3n) is 4.71. The summed E-state index contributed by atoms with van der Waals surface area (Å²) >= 11 is 0. The molecule has 5 rings (SSSR count). The number of ether oxygens (including phenoxy) is 2. The van der Waals surface area contributed by atoms with E-state index in [1.165, 1.54) is 11.1 Å². The number of fused-ring (bicyclic) bond motifs is 2. The summed E-state index contributed by atoms with van der Waals surface area (Å²) in [6.07, 6.45) is 5.14. The first-order valence-corrected chi connectivity index (χ1v) is 9.00. The van der Waals surface area contributed by atoms with Crippen molar-refractivity contribution in [1.82, 2.24) is 19.6 Å². The summed E-state index contributed by atoms with van der Waals surface area (Å²) in [5.74, 6) is 2.34. The van der Waals surface area contributed by atoms with Gasteiger partial charge in [0.05, 0.1) is 25.6 Å². The van der Waals surface area contributed by atoms with Gasteiger partial charge in [-0.2, -0.15) is 0 Å². The lowest BCUT2D eigenvalue weighted by molar-refractivity contribution is 0.304. The Morgan fingerprint density at radius 2 is 1.96 bits per heavy atom. The van der Waals surface area contributed by atoms with Gasteiger partial charge in [0, 0.05) is 18.4 Å². The van der Waals surface area contributed by atoms with Crippen LogP contribution in [0.3, 0.4) is 0 Å². The van der Waals surface area contributed by atoms with Crippen molar-refractivity contribution in [1.29, 1.82) is 0 Å². The maximum Gasteiger partial charge on any atom is 0.220 e. The minimum Gasteiger partial charge on any atom is -0.493 e. The van der Waals surface area contributed by atoms with Gasteiger partial charge in [-0.25, -0.2) is 4.40 Å². The fourth-order valence-corrected chi connectivity index (χ4v) is 3.36. The zero-order chi connectivity index (χ0) is 18.1. The van der Waals surface area contributed by atoms with Crippen LogP contribution < -0.4 is 9.47 Å². The van der Waals surface area contributed by atoms with E-state index < -0.39 is 0 Å². The Kier molecular flexibility index (Phi) is 3.93. The van der Waals surface area contributed by atoms with Gasteiger partial charge >= 0.3 is 0 Å². The van der Waals surface area contributed by atoms with Crippen molar-refractivity contribution in [2.45, 2.75) is 12.8 Å². The largest absolute Gasteiger partial charge is 0.493 e. The van der Waals surface area contributed by atoms with Crippen LogP contribution in [-0.4, -0.2) is 32.8 Å². The molecule has 0 bridgehead atoms. The standard InChI is InChI=1S/C21H18N4O2/c1-2-4-15(5-3-1)8-10-27-20-14-22-13-19-23-24-21(25(19)20)17-6-7-18-16(12-17)9-11-26-18/h1-7,12-14H,8-11H2. The van der Waals surface area contributed by atoms with Gasteiger partial charge in [0.25, 0.3) is 0 Å². The molecule has 0 fully saturated rings. The lowest BCUT2D eigenvalue weighted by Crippen LogP contribution is -2.06. The lowest BCUT2D eigenvalue weighted by Gasteiger charge is -2.10. The van der Waals surface area contributed by atoms with E-state index >= 15 is 0 Å². The molecule has 6 heteroatoms. The van der Waals surface area contributed by atoms with E-state index in [9.17, 15) is 0 Å². The van der Waals surface area contributed by atoms with Crippen molar-refractivity contribution in [2.75, 3.05) is 13.2 Å². The third-order valence-corrected chi connectivity index (χ3v) is 4.71. The van der Waals surface area contributed by atoms with Crippen molar-refractivity contribution >= 4 is 5.65 Å². The van der Waals surface area contributed by atoms with E-state index in [4.69, 9.17) is 9.47 Å². The molecule has 0 aliphatic carbocycles. The molecule has 0 amide bonds. The van der Waals surface area contributed by atoms with Crippen molar-refractivity contribution in [3.8, 4) is 23.0 Å². The molecule has 1 aliphatic heterocycles. The molecule has 4 aromatic rings. The van der Waals surface area contributed by atoms with E-state index in [1.807, 2.05) is 34.7 Å². The first kappa shape index (κ1) is 15.8. The van der Waals surface area contributed by atoms with Crippen molar-refractivity contribution in [3.05, 3.63) is 72.1 Å². The number of hydrogen-bond donors (Lipinski definition) is 0. The molecule has 6 nitrogen and oxygen atoms in total. The predicted molar refractivity (Wildman–Crippen MR) is 101 cm³/mol. The van der Waals surface area contributed by atoms with Gasteiger partial charge < -0.3 is 9.47 Å². The highest BCUT2D eigenvalue weighted by Gasteiger charge is 2.17. The highest BCUT2D eigenvalue weighted by atomic mass is 16.5. The van der Waals surface area contributed by atoms with Gasteiger partial charge in [0.2, 0.25) is 5.88 Å². The average molecular weight is 358 g/mol. The fraction of sp³-hybridized carbons (Fsp3) is 0.190. The van der Waals surface area contributed by atoms with Crippen LogP contribution >= 0.6 is 0 Å². The van der Waals surface area contributed by atoms with Crippen LogP contribution in [0.2, 0.25) is 0 Å². The Morgan fingerprint density at radius 1 is 1.04 bits per heavy atom. The zero-order valence-electron chi connectivity index (χ0n) is 14.7. The molecule has 0 radical (unpaired) electrons. The molecular formula is C21H18N4O2. The molecule has 3 heterocycles. The van der Waals surface area contributed by atoms with Crippen molar-refractivity contribution < 1.29 is 9.47 Å². The lowest BCUT2D eigenvalue weighted by atomic mass is 10.1. The summed E-state index contributed by atoms with van der Waals surface area (Å²) in [6.45, 7) is 1.29. The quantitative estimate of drug-likeness (QED) is 0.547. The summed E-state index contributed by atoms with van der Waals surface area (Å²) in [7, 11) is 0. The topological polar surface area (TPSA) is 61.5 Å². The highest BCUT2D eigenvalue weighted by Crippen LogP contribution is 2.31. The summed E-state index contributed by atoms with van der Waals surface area (Å²) in [5.41, 5.74) is 4.09. The van der Waals surface area contributed by atoms with Crippen molar-refractivity contribution in [2.24, 2.45) is 0 Å². The van der Waals surface area contributed by atoms with Crippen LogP contribution in [0.1, 0.15) is 11.1 Å². The molecule has 2 aromatic carbocycles. The first-order chi connectivity index (χ1) is 13.4. The first-order valence-electron chi connectivity index (χ1n) is 9.00. The van der Waals surface area contributed by atoms with Gasteiger partial charge in [-0.15, -0.1) is 10.2 Å². The molecule has 0 saturated heterocycles. The molecule has 27 heavy (non-hydrogen) atoms. The van der Waals surface area contributed by atoms with Gasteiger partial charge in [0.1, 0.15) is 5.75 Å². The smallest absolute Gasteiger partial charge is 0.220 e. The zero-order valence-corrected chi connectivity index (χ0v) is 14.7. The Labute approximate surface area is 156 Å². The van der Waals surface area contributed by atoms with Gasteiger partial charge in [-0.05, 0) is 29.3 Å². The summed E-state index contributed by atoms with van der Waals surface area (Å²) in [4.78, 5) is 4.23. The Balaban J connectivity index is 1.46. The Hall–Kier alpha value is -3.41. The van der Waals surface area contributed by atoms with Crippen LogP contribution in [-0.2, 0) is 12.8 Å². The normalized spacial score (nSPS) is 12.7. The second-order valence-electron chi connectivity index (χ2n) is 6.47. The molecular weight excluding hydrogens is 340 g/mol. The second kappa shape index (κ2) is 6.72. The Bertz CT molecular complexity index is 1090. The predicted octanol–water partition coefficient (Wildman–Crippen LogP) is 3.35. The summed E-state index contributed by atoms with van der Waals surface area (Å²) < 4.78 is 13.5. The van der Waals surface area contributed by atoms with E-state index in [0.717, 1.165) is 36.6 Å². The van der Waals surface area contributed by atoms with Gasteiger partial charge in [-0.3, -0.25) is 4.98 Å². The maximum absolute atomic E-state index is 6.03. The SMILES string of the molecule is c1ccc(CCOc2cncc3nnc(-c4ccc5c(c4)CCO5)n23)cc1. The number of rotatable bonds is 5. The molecule has 0 saturated carbocycles. The van der Waals surface area contributed by atoms with Crippen LogP contribution in [0.15, 0.2) is 60.9 Å². The number of nitrogens with zero attached hydrogens (tertiary/aromatic N) is 4. The molecule has 0 unspecified atom stereocenters. The van der Waals surface area contributed by atoms with Crippen LogP contribution in [0, 0.1) is 0 Å². The monoisotopic (exact) mass is 358 g/mol. The highest BCUT2D eigenvalue weighted by molar-refractivity contribution is 5.63. The summed E-state index contributed by atoms with van der Waals surface area (Å²) in [5, 5.41) is 8.62. The third kappa shape index (κ3) is 2.99. The summed E-state index contributed by atoms with van der Waals surface area (Å²) in [6, 6.07) is 16.4. The van der Waals surface area contributed by atoms with Crippen LogP contribution in [0.4, 0.5) is 0 Å². The number of hydrogen-bond acceptors (Lipinski definition) is 5. The Morgan fingerprint density at radius 3 is 2.89 bits per heavy atom. The van der Waals surface area contributed by atoms with E-state index in [2.05, 4.69) is 33.4 Å². The molecule has 0 atom stereocenters. The van der Waals surface area contributed by atoms with Crippen molar-refractivity contribution in [3.63, 3.8) is 0 Å². The van der Waals surface area contributed by atoms with Gasteiger partial charge in [-0.1, -0.05) is 30.3 Å². The molecule has 0 N–H and O–H groups in total. The van der Waals surface area contributed by atoms with Crippen LogP contribution in [0.25, 0.3) is 17.0 Å². The molecule has 1 aliphatic rings. The fourth-order valence-electron chi connectivity index (χ4n) is 3.36. The average Bonchev–Trinajstić information content (AvgIpc) is 3.35. The second-order valence-corrected chi connectivity index (χ2v) is 6.47. The van der Waals surface area contributed by atoms with E-state index in [1.54, 1.807) is 12.4 Å². The number of benzene rings is 2. The van der Waals surface area contributed by atoms with E-state index in [0.29, 0.717) is 18.1 Å². The molecule has 2 aromatic heterocycles. The molecule has 134 valence electrons.